The van der Waals surface area contributed by atoms with Gasteiger partial charge in [-0.05, 0) is 43.3 Å². The van der Waals surface area contributed by atoms with Gasteiger partial charge in [0.25, 0.3) is 5.91 Å². The summed E-state index contributed by atoms with van der Waals surface area (Å²) >= 11 is 5.43. The molecule has 0 heterocycles. The Morgan fingerprint density at radius 1 is 1.08 bits per heavy atom. The highest BCUT2D eigenvalue weighted by atomic mass is 32.1. The molecule has 0 unspecified atom stereocenters. The van der Waals surface area contributed by atoms with Gasteiger partial charge in [-0.2, -0.15) is 0 Å². The third-order valence-corrected chi connectivity index (χ3v) is 4.08. The molecule has 1 rings (SSSR count). The number of nitrogens with zero attached hydrogens (tertiary/aromatic N) is 1. The first-order valence-electron chi connectivity index (χ1n) is 8.39. The average Bonchev–Trinajstić information content (AvgIpc) is 2.60. The quantitative estimate of drug-likeness (QED) is 0.688. The maximum atomic E-state index is 12.5. The van der Waals surface area contributed by atoms with Crippen LogP contribution in [0.4, 0.5) is 0 Å². The molecule has 24 heavy (non-hydrogen) atoms. The number of nitrogens with one attached hydrogen (secondary N) is 1. The Balaban J connectivity index is 2.78. The summed E-state index contributed by atoms with van der Waals surface area (Å²) in [6.07, 6.45) is 4.29. The summed E-state index contributed by atoms with van der Waals surface area (Å²) in [5, 5.41) is 3.31. The van der Waals surface area contributed by atoms with Crippen LogP contribution in [-0.2, 0) is 0 Å². The lowest BCUT2D eigenvalue weighted by molar-refractivity contribution is 0.0972. The molecule has 6 heteroatoms. The zero-order chi connectivity index (χ0) is 17.9. The lowest BCUT2D eigenvalue weighted by Gasteiger charge is -2.25. The Morgan fingerprint density at radius 3 is 2.17 bits per heavy atom. The SMILES string of the molecule is CCCCN(CCCC)C(=S)NC(=O)c1ccc(OC)c(OC)c1. The molecule has 0 aliphatic heterocycles. The van der Waals surface area contributed by atoms with Crippen molar-refractivity contribution >= 4 is 23.2 Å². The highest BCUT2D eigenvalue weighted by Gasteiger charge is 2.15. The van der Waals surface area contributed by atoms with Gasteiger partial charge in [0.1, 0.15) is 0 Å². The molecule has 0 aliphatic carbocycles. The minimum Gasteiger partial charge on any atom is -0.493 e. The van der Waals surface area contributed by atoms with Crippen molar-refractivity contribution in [3.05, 3.63) is 23.8 Å². The predicted molar refractivity (Wildman–Crippen MR) is 101 cm³/mol. The van der Waals surface area contributed by atoms with Gasteiger partial charge in [-0.3, -0.25) is 10.1 Å². The van der Waals surface area contributed by atoms with E-state index >= 15 is 0 Å². The minimum atomic E-state index is -0.237. The normalized spacial score (nSPS) is 10.2. The van der Waals surface area contributed by atoms with E-state index in [0.29, 0.717) is 22.2 Å². The van der Waals surface area contributed by atoms with E-state index in [2.05, 4.69) is 24.1 Å². The van der Waals surface area contributed by atoms with E-state index in [1.54, 1.807) is 32.4 Å². The topological polar surface area (TPSA) is 50.8 Å². The first kappa shape index (κ1) is 20.2. The Kier molecular flexibility index (Phi) is 9.15. The monoisotopic (exact) mass is 352 g/mol. The van der Waals surface area contributed by atoms with E-state index in [9.17, 15) is 4.79 Å². The van der Waals surface area contributed by atoms with Crippen molar-refractivity contribution in [1.29, 1.82) is 0 Å². The van der Waals surface area contributed by atoms with Gasteiger partial charge >= 0.3 is 0 Å². The zero-order valence-electron chi connectivity index (χ0n) is 15.1. The molecule has 0 saturated carbocycles. The van der Waals surface area contributed by atoms with Gasteiger partial charge < -0.3 is 14.4 Å². The highest BCUT2D eigenvalue weighted by Crippen LogP contribution is 2.27. The molecule has 0 spiro atoms. The van der Waals surface area contributed by atoms with Gasteiger partial charge in [-0.1, -0.05) is 26.7 Å². The summed E-state index contributed by atoms with van der Waals surface area (Å²) in [5.74, 6) is 0.869. The van der Waals surface area contributed by atoms with Gasteiger partial charge in [-0.25, -0.2) is 0 Å². The van der Waals surface area contributed by atoms with E-state index in [4.69, 9.17) is 21.7 Å². The molecule has 1 N–H and O–H groups in total. The molecular weight excluding hydrogens is 324 g/mol. The molecule has 0 saturated heterocycles. The van der Waals surface area contributed by atoms with Gasteiger partial charge in [0.2, 0.25) is 0 Å². The van der Waals surface area contributed by atoms with Crippen LogP contribution in [0.5, 0.6) is 11.5 Å². The van der Waals surface area contributed by atoms with Gasteiger partial charge in [0, 0.05) is 18.7 Å². The van der Waals surface area contributed by atoms with Crippen LogP contribution in [-0.4, -0.2) is 43.2 Å². The molecule has 0 radical (unpaired) electrons. The van der Waals surface area contributed by atoms with Crippen molar-refractivity contribution in [2.24, 2.45) is 0 Å². The second kappa shape index (κ2) is 10.9. The van der Waals surface area contributed by atoms with Crippen molar-refractivity contribution < 1.29 is 14.3 Å². The molecule has 1 amide bonds. The number of methoxy groups -OCH3 is 2. The molecular formula is C18H28N2O3S. The number of unbranched alkanes of at least 4 members (excludes halogenated alkanes) is 2. The van der Waals surface area contributed by atoms with Crippen LogP contribution >= 0.6 is 12.2 Å². The third kappa shape index (κ3) is 6.00. The van der Waals surface area contributed by atoms with Crippen molar-refractivity contribution in [1.82, 2.24) is 10.2 Å². The predicted octanol–water partition coefficient (Wildman–Crippen LogP) is 3.62. The number of ether oxygens (including phenoxy) is 2. The number of benzene rings is 1. The van der Waals surface area contributed by atoms with Crippen molar-refractivity contribution in [2.45, 2.75) is 39.5 Å². The number of hydrogen-bond acceptors (Lipinski definition) is 4. The molecule has 134 valence electrons. The number of carbonyl (C=O) groups is 1. The summed E-state index contributed by atoms with van der Waals surface area (Å²) < 4.78 is 10.4. The number of thiocarbonyl (C=S) groups is 1. The van der Waals surface area contributed by atoms with Crippen molar-refractivity contribution in [3.8, 4) is 11.5 Å². The number of rotatable bonds is 9. The summed E-state index contributed by atoms with van der Waals surface area (Å²) in [5.41, 5.74) is 0.487. The summed E-state index contributed by atoms with van der Waals surface area (Å²) in [7, 11) is 3.10. The highest BCUT2D eigenvalue weighted by molar-refractivity contribution is 7.80. The van der Waals surface area contributed by atoms with Crippen LogP contribution in [0.1, 0.15) is 49.9 Å². The van der Waals surface area contributed by atoms with E-state index in [-0.39, 0.29) is 5.91 Å². The Morgan fingerprint density at radius 2 is 1.67 bits per heavy atom. The minimum absolute atomic E-state index is 0.237. The van der Waals surface area contributed by atoms with Crippen LogP contribution in [0.25, 0.3) is 0 Å². The largest absolute Gasteiger partial charge is 0.493 e. The molecule has 0 atom stereocenters. The second-order valence-corrected chi connectivity index (χ2v) is 5.91. The Labute approximate surface area is 150 Å². The standard InChI is InChI=1S/C18H28N2O3S/c1-5-7-11-20(12-8-6-2)18(24)19-17(21)14-9-10-15(22-3)16(13-14)23-4/h9-10,13H,5-8,11-12H2,1-4H3,(H,19,21,24). The van der Waals surface area contributed by atoms with Gasteiger partial charge in [-0.15, -0.1) is 0 Å². The second-order valence-electron chi connectivity index (χ2n) is 5.52. The molecule has 0 aliphatic rings. The molecule has 0 bridgehead atoms. The third-order valence-electron chi connectivity index (χ3n) is 3.72. The molecule has 5 nitrogen and oxygen atoms in total. The summed E-state index contributed by atoms with van der Waals surface area (Å²) in [6.45, 7) is 6.01. The van der Waals surface area contributed by atoms with Gasteiger partial charge in [0.05, 0.1) is 14.2 Å². The van der Waals surface area contributed by atoms with Crippen LogP contribution in [0.15, 0.2) is 18.2 Å². The Hall–Kier alpha value is -1.82. The van der Waals surface area contributed by atoms with Crippen LogP contribution in [0, 0.1) is 0 Å². The zero-order valence-corrected chi connectivity index (χ0v) is 15.9. The lowest BCUT2D eigenvalue weighted by Crippen LogP contribution is -2.43. The van der Waals surface area contributed by atoms with E-state index < -0.39 is 0 Å². The summed E-state index contributed by atoms with van der Waals surface area (Å²) in [4.78, 5) is 14.5. The molecule has 1 aromatic rings. The van der Waals surface area contributed by atoms with Crippen LogP contribution in [0.2, 0.25) is 0 Å². The number of amides is 1. The average molecular weight is 353 g/mol. The van der Waals surface area contributed by atoms with Crippen molar-refractivity contribution in [3.63, 3.8) is 0 Å². The van der Waals surface area contributed by atoms with E-state index in [1.165, 1.54) is 0 Å². The van der Waals surface area contributed by atoms with E-state index in [0.717, 1.165) is 38.8 Å². The maximum Gasteiger partial charge on any atom is 0.257 e. The number of carbonyl (C=O) groups excluding carboxylic acids is 1. The lowest BCUT2D eigenvalue weighted by atomic mass is 10.2. The van der Waals surface area contributed by atoms with Crippen molar-refractivity contribution in [2.75, 3.05) is 27.3 Å². The number of hydrogen-bond donors (Lipinski definition) is 1. The molecule has 0 aromatic heterocycles. The first-order chi connectivity index (χ1) is 11.6. The summed E-state index contributed by atoms with van der Waals surface area (Å²) in [6, 6.07) is 5.06. The van der Waals surface area contributed by atoms with Crippen LogP contribution in [0.3, 0.4) is 0 Å². The fourth-order valence-electron chi connectivity index (χ4n) is 2.24. The maximum absolute atomic E-state index is 12.5. The smallest absolute Gasteiger partial charge is 0.257 e. The Bertz CT molecular complexity index is 541. The van der Waals surface area contributed by atoms with Crippen LogP contribution < -0.4 is 14.8 Å². The molecule has 0 fully saturated rings. The fourth-order valence-corrected chi connectivity index (χ4v) is 2.51. The first-order valence-corrected chi connectivity index (χ1v) is 8.80. The van der Waals surface area contributed by atoms with E-state index in [1.807, 2.05) is 0 Å². The fraction of sp³-hybridized carbons (Fsp3) is 0.556. The molecule has 1 aromatic carbocycles. The van der Waals surface area contributed by atoms with Gasteiger partial charge in [0.15, 0.2) is 16.6 Å².